The van der Waals surface area contributed by atoms with Crippen LogP contribution in [0, 0.1) is 0 Å². The summed E-state index contributed by atoms with van der Waals surface area (Å²) in [6.45, 7) is 0. The van der Waals surface area contributed by atoms with E-state index < -0.39 is 5.79 Å². The molecule has 0 bridgehead atoms. The van der Waals surface area contributed by atoms with E-state index >= 15 is 0 Å². The molecule has 1 N–H and O–H groups in total. The normalized spacial score (nSPS) is 33.4. The summed E-state index contributed by atoms with van der Waals surface area (Å²) in [5, 5.41) is 10.1. The number of aliphatic hydroxyl groups is 1. The fourth-order valence-electron chi connectivity index (χ4n) is 2.25. The molecule has 0 aromatic heterocycles. The van der Waals surface area contributed by atoms with Crippen molar-refractivity contribution in [2.75, 3.05) is 7.11 Å². The third kappa shape index (κ3) is 1.45. The predicted octanol–water partition coefficient (Wildman–Crippen LogP) is 2.15. The first-order valence-corrected chi connectivity index (χ1v) is 4.93. The van der Waals surface area contributed by atoms with E-state index in [-0.39, 0.29) is 0 Å². The molecule has 0 spiro atoms. The van der Waals surface area contributed by atoms with Gasteiger partial charge in [0, 0.05) is 13.5 Å². The largest absolute Gasteiger partial charge is 0.362 e. The molecule has 0 heterocycles. The van der Waals surface area contributed by atoms with Gasteiger partial charge in [-0.05, 0) is 36.8 Å². The fraction of sp³-hybridized carbons (Fsp3) is 0.636. The number of rotatable bonds is 1. The maximum absolute atomic E-state index is 10.1. The molecule has 0 fully saturated rings. The Kier molecular flexibility index (Phi) is 2.26. The molecular formula is C11H16O2. The minimum Gasteiger partial charge on any atom is -0.362 e. The zero-order chi connectivity index (χ0) is 9.31. The smallest absolute Gasteiger partial charge is 0.191 e. The molecule has 72 valence electrons. The number of ether oxygens (including phenoxy) is 1. The van der Waals surface area contributed by atoms with Crippen molar-refractivity contribution in [2.24, 2.45) is 0 Å². The summed E-state index contributed by atoms with van der Waals surface area (Å²) < 4.78 is 5.19. The average Bonchev–Trinajstić information content (AvgIpc) is 2.19. The highest BCUT2D eigenvalue weighted by Gasteiger charge is 2.35. The van der Waals surface area contributed by atoms with Crippen LogP contribution >= 0.6 is 0 Å². The van der Waals surface area contributed by atoms with E-state index in [1.54, 1.807) is 7.11 Å². The van der Waals surface area contributed by atoms with E-state index in [0.717, 1.165) is 18.4 Å². The third-order valence-corrected chi connectivity index (χ3v) is 3.03. The van der Waals surface area contributed by atoms with E-state index in [9.17, 15) is 5.11 Å². The quantitative estimate of drug-likeness (QED) is 0.626. The molecule has 2 nitrogen and oxygen atoms in total. The van der Waals surface area contributed by atoms with Crippen LogP contribution in [0.15, 0.2) is 23.3 Å². The van der Waals surface area contributed by atoms with E-state index in [4.69, 9.17) is 4.74 Å². The molecule has 2 aliphatic rings. The first-order valence-electron chi connectivity index (χ1n) is 4.93. The standard InChI is InChI=1S/C11H16O2/c1-13-11(12)8-4-6-9-5-2-3-7-10(9)11/h4,6,12H,2-3,5,7-8H2,1H3. The van der Waals surface area contributed by atoms with Crippen molar-refractivity contribution in [1.82, 2.24) is 0 Å². The Morgan fingerprint density at radius 2 is 2.15 bits per heavy atom. The first-order chi connectivity index (χ1) is 6.26. The molecule has 2 heteroatoms. The van der Waals surface area contributed by atoms with Crippen molar-refractivity contribution in [3.05, 3.63) is 23.3 Å². The minimum absolute atomic E-state index is 0.600. The predicted molar refractivity (Wildman–Crippen MR) is 51.2 cm³/mol. The van der Waals surface area contributed by atoms with E-state index in [0.29, 0.717) is 6.42 Å². The van der Waals surface area contributed by atoms with Crippen LogP contribution in [-0.2, 0) is 4.74 Å². The van der Waals surface area contributed by atoms with Gasteiger partial charge in [-0.3, -0.25) is 0 Å². The average molecular weight is 180 g/mol. The Morgan fingerprint density at radius 1 is 1.38 bits per heavy atom. The molecule has 0 radical (unpaired) electrons. The summed E-state index contributed by atoms with van der Waals surface area (Å²) in [5.74, 6) is -0.996. The van der Waals surface area contributed by atoms with Crippen LogP contribution < -0.4 is 0 Å². The highest BCUT2D eigenvalue weighted by atomic mass is 16.6. The number of methoxy groups -OCH3 is 1. The van der Waals surface area contributed by atoms with Crippen LogP contribution in [0.25, 0.3) is 0 Å². The highest BCUT2D eigenvalue weighted by Crippen LogP contribution is 2.38. The molecule has 0 saturated heterocycles. The van der Waals surface area contributed by atoms with Gasteiger partial charge in [-0.2, -0.15) is 0 Å². The maximum atomic E-state index is 10.1. The van der Waals surface area contributed by atoms with Crippen LogP contribution in [0.1, 0.15) is 32.1 Å². The molecule has 0 aliphatic heterocycles. The lowest BCUT2D eigenvalue weighted by molar-refractivity contribution is -0.156. The zero-order valence-electron chi connectivity index (χ0n) is 8.05. The van der Waals surface area contributed by atoms with E-state index in [1.165, 1.54) is 18.4 Å². The van der Waals surface area contributed by atoms with Crippen molar-refractivity contribution in [1.29, 1.82) is 0 Å². The summed E-state index contributed by atoms with van der Waals surface area (Å²) in [5.41, 5.74) is 2.41. The van der Waals surface area contributed by atoms with Crippen LogP contribution in [-0.4, -0.2) is 18.0 Å². The van der Waals surface area contributed by atoms with Gasteiger partial charge < -0.3 is 9.84 Å². The van der Waals surface area contributed by atoms with Crippen LogP contribution in [0.2, 0.25) is 0 Å². The molecule has 0 saturated carbocycles. The summed E-state index contributed by atoms with van der Waals surface area (Å²) >= 11 is 0. The van der Waals surface area contributed by atoms with E-state index in [1.807, 2.05) is 6.08 Å². The highest BCUT2D eigenvalue weighted by molar-refractivity contribution is 5.36. The van der Waals surface area contributed by atoms with E-state index in [2.05, 4.69) is 6.08 Å². The lowest BCUT2D eigenvalue weighted by Gasteiger charge is -2.35. The second-order valence-electron chi connectivity index (χ2n) is 3.81. The van der Waals surface area contributed by atoms with Gasteiger partial charge in [0.15, 0.2) is 5.79 Å². The molecule has 1 unspecified atom stereocenters. The fourth-order valence-corrected chi connectivity index (χ4v) is 2.25. The molecule has 0 amide bonds. The summed E-state index contributed by atoms with van der Waals surface area (Å²) in [6, 6.07) is 0. The molecular weight excluding hydrogens is 164 g/mol. The van der Waals surface area contributed by atoms with Crippen LogP contribution in [0.3, 0.4) is 0 Å². The van der Waals surface area contributed by atoms with Gasteiger partial charge in [-0.25, -0.2) is 0 Å². The van der Waals surface area contributed by atoms with Crippen molar-refractivity contribution in [3.8, 4) is 0 Å². The summed E-state index contributed by atoms with van der Waals surface area (Å²) in [4.78, 5) is 0. The Balaban J connectivity index is 2.35. The van der Waals surface area contributed by atoms with Gasteiger partial charge in [0.05, 0.1) is 0 Å². The van der Waals surface area contributed by atoms with Crippen molar-refractivity contribution in [3.63, 3.8) is 0 Å². The Bertz CT molecular complexity index is 265. The molecule has 0 aromatic rings. The number of hydrogen-bond acceptors (Lipinski definition) is 2. The summed E-state index contributed by atoms with van der Waals surface area (Å²) in [6.07, 6.45) is 9.25. The van der Waals surface area contributed by atoms with Gasteiger partial charge in [-0.1, -0.05) is 12.2 Å². The SMILES string of the molecule is COC1(O)CC=CC2=C1CCCC2. The Labute approximate surface area is 78.9 Å². The van der Waals surface area contributed by atoms with Crippen molar-refractivity contribution >= 4 is 0 Å². The zero-order valence-corrected chi connectivity index (χ0v) is 8.05. The Morgan fingerprint density at radius 3 is 2.92 bits per heavy atom. The van der Waals surface area contributed by atoms with Crippen molar-refractivity contribution in [2.45, 2.75) is 37.9 Å². The Hall–Kier alpha value is -0.600. The third-order valence-electron chi connectivity index (χ3n) is 3.03. The van der Waals surface area contributed by atoms with Crippen LogP contribution in [0.5, 0.6) is 0 Å². The first kappa shape index (κ1) is 8.97. The second-order valence-corrected chi connectivity index (χ2v) is 3.81. The second kappa shape index (κ2) is 3.28. The topological polar surface area (TPSA) is 29.5 Å². The molecule has 2 rings (SSSR count). The van der Waals surface area contributed by atoms with Gasteiger partial charge >= 0.3 is 0 Å². The van der Waals surface area contributed by atoms with Gasteiger partial charge in [-0.15, -0.1) is 0 Å². The van der Waals surface area contributed by atoms with Crippen molar-refractivity contribution < 1.29 is 9.84 Å². The summed E-state index contributed by atoms with van der Waals surface area (Å²) in [7, 11) is 1.58. The van der Waals surface area contributed by atoms with Gasteiger partial charge in [0.1, 0.15) is 0 Å². The maximum Gasteiger partial charge on any atom is 0.191 e. The minimum atomic E-state index is -0.996. The number of hydrogen-bond donors (Lipinski definition) is 1. The van der Waals surface area contributed by atoms with Crippen LogP contribution in [0.4, 0.5) is 0 Å². The molecule has 2 aliphatic carbocycles. The monoisotopic (exact) mass is 180 g/mol. The lowest BCUT2D eigenvalue weighted by atomic mass is 9.82. The molecule has 0 aromatic carbocycles. The molecule has 13 heavy (non-hydrogen) atoms. The number of allylic oxidation sites excluding steroid dienone is 2. The van der Waals surface area contributed by atoms with Gasteiger partial charge in [0.2, 0.25) is 0 Å². The molecule has 1 atom stereocenters. The lowest BCUT2D eigenvalue weighted by Crippen LogP contribution is -2.36. The van der Waals surface area contributed by atoms with Gasteiger partial charge in [0.25, 0.3) is 0 Å².